The molecule has 0 amide bonds. The summed E-state index contributed by atoms with van der Waals surface area (Å²) >= 11 is 0. The Bertz CT molecular complexity index is 1130. The highest BCUT2D eigenvalue weighted by molar-refractivity contribution is 5.98. The van der Waals surface area contributed by atoms with Crippen molar-refractivity contribution in [1.29, 1.82) is 0 Å². The molecule has 0 saturated carbocycles. The Hall–Kier alpha value is -3.39. The fourth-order valence-corrected chi connectivity index (χ4v) is 4.04. The molecule has 0 unspecified atom stereocenters. The van der Waals surface area contributed by atoms with Crippen LogP contribution in [0, 0.1) is 0 Å². The van der Waals surface area contributed by atoms with Gasteiger partial charge in [0.2, 0.25) is 0 Å². The predicted octanol–water partition coefficient (Wildman–Crippen LogP) is 5.95. The molecular weight excluding hydrogens is 332 g/mol. The molecular formula is C25H18O2. The molecule has 0 bridgehead atoms. The van der Waals surface area contributed by atoms with E-state index in [0.29, 0.717) is 12.2 Å². The van der Waals surface area contributed by atoms with Crippen LogP contribution < -0.4 is 4.74 Å². The fourth-order valence-electron chi connectivity index (χ4n) is 4.04. The standard InChI is InChI=1S/C25H18O2/c26-23-16-21(17-9-3-1-4-10-17)24-20-14-8-7-13-19(20)15-22(25(24)27-23)18-11-5-2-6-12-18/h1-15,21H,16H2/t21-/m1/s1. The summed E-state index contributed by atoms with van der Waals surface area (Å²) in [5.41, 5.74) is 4.28. The van der Waals surface area contributed by atoms with Gasteiger partial charge in [-0.25, -0.2) is 0 Å². The Labute approximate surface area is 158 Å². The first-order valence-corrected chi connectivity index (χ1v) is 9.18. The molecule has 1 aliphatic rings. The molecule has 0 fully saturated rings. The van der Waals surface area contributed by atoms with Crippen LogP contribution in [0.5, 0.6) is 5.75 Å². The van der Waals surface area contributed by atoms with Gasteiger partial charge in [0, 0.05) is 17.0 Å². The zero-order valence-corrected chi connectivity index (χ0v) is 14.8. The van der Waals surface area contributed by atoms with Crippen molar-refractivity contribution in [2.75, 3.05) is 0 Å². The summed E-state index contributed by atoms with van der Waals surface area (Å²) in [4.78, 5) is 12.5. The van der Waals surface area contributed by atoms with Crippen molar-refractivity contribution in [3.63, 3.8) is 0 Å². The van der Waals surface area contributed by atoms with Crippen LogP contribution in [-0.2, 0) is 4.79 Å². The van der Waals surface area contributed by atoms with Gasteiger partial charge in [-0.2, -0.15) is 0 Å². The van der Waals surface area contributed by atoms with E-state index in [-0.39, 0.29) is 11.9 Å². The van der Waals surface area contributed by atoms with Crippen LogP contribution in [0.2, 0.25) is 0 Å². The molecule has 5 rings (SSSR count). The van der Waals surface area contributed by atoms with E-state index in [1.54, 1.807) is 0 Å². The largest absolute Gasteiger partial charge is 0.425 e. The fraction of sp³-hybridized carbons (Fsp3) is 0.0800. The summed E-state index contributed by atoms with van der Waals surface area (Å²) in [5, 5.41) is 2.31. The van der Waals surface area contributed by atoms with Crippen LogP contribution in [0.4, 0.5) is 0 Å². The first kappa shape index (κ1) is 15.8. The summed E-state index contributed by atoms with van der Waals surface area (Å²) in [6.45, 7) is 0. The second-order valence-electron chi connectivity index (χ2n) is 6.90. The van der Waals surface area contributed by atoms with Crippen molar-refractivity contribution >= 4 is 16.7 Å². The third kappa shape index (κ3) is 2.70. The van der Waals surface area contributed by atoms with E-state index in [2.05, 4.69) is 48.5 Å². The van der Waals surface area contributed by atoms with E-state index in [1.165, 1.54) is 0 Å². The van der Waals surface area contributed by atoms with E-state index >= 15 is 0 Å². The molecule has 4 aromatic rings. The van der Waals surface area contributed by atoms with E-state index in [9.17, 15) is 4.79 Å². The van der Waals surface area contributed by atoms with Crippen LogP contribution in [0.1, 0.15) is 23.5 Å². The lowest BCUT2D eigenvalue weighted by Gasteiger charge is -2.28. The van der Waals surface area contributed by atoms with Gasteiger partial charge in [0.15, 0.2) is 0 Å². The summed E-state index contributed by atoms with van der Waals surface area (Å²) in [7, 11) is 0. The number of ether oxygens (including phenoxy) is 1. The molecule has 1 aliphatic heterocycles. The van der Waals surface area contributed by atoms with Crippen molar-refractivity contribution < 1.29 is 9.53 Å². The molecule has 2 nitrogen and oxygen atoms in total. The molecule has 130 valence electrons. The zero-order chi connectivity index (χ0) is 18.2. The lowest BCUT2D eigenvalue weighted by Crippen LogP contribution is -2.22. The Balaban J connectivity index is 1.86. The van der Waals surface area contributed by atoms with Crippen LogP contribution in [0.25, 0.3) is 21.9 Å². The van der Waals surface area contributed by atoms with E-state index in [1.807, 2.05) is 42.5 Å². The molecule has 27 heavy (non-hydrogen) atoms. The predicted molar refractivity (Wildman–Crippen MR) is 108 cm³/mol. The second-order valence-corrected chi connectivity index (χ2v) is 6.90. The molecule has 0 radical (unpaired) electrons. The number of rotatable bonds is 2. The van der Waals surface area contributed by atoms with Crippen LogP contribution >= 0.6 is 0 Å². The highest BCUT2D eigenvalue weighted by atomic mass is 16.5. The van der Waals surface area contributed by atoms with Gasteiger partial charge in [-0.1, -0.05) is 84.9 Å². The average Bonchev–Trinajstić information content (AvgIpc) is 2.73. The molecule has 0 saturated heterocycles. The van der Waals surface area contributed by atoms with Crippen LogP contribution in [-0.4, -0.2) is 5.97 Å². The Morgan fingerprint density at radius 2 is 1.44 bits per heavy atom. The van der Waals surface area contributed by atoms with E-state index in [0.717, 1.165) is 33.0 Å². The molecule has 0 aromatic heterocycles. The van der Waals surface area contributed by atoms with Gasteiger partial charge in [0.1, 0.15) is 5.75 Å². The van der Waals surface area contributed by atoms with Crippen molar-refractivity contribution in [2.45, 2.75) is 12.3 Å². The topological polar surface area (TPSA) is 26.3 Å². The molecule has 0 N–H and O–H groups in total. The molecule has 0 spiro atoms. The van der Waals surface area contributed by atoms with Gasteiger partial charge in [0.25, 0.3) is 0 Å². The van der Waals surface area contributed by atoms with Crippen molar-refractivity contribution in [3.05, 3.63) is 102 Å². The number of benzene rings is 4. The lowest BCUT2D eigenvalue weighted by molar-refractivity contribution is -0.135. The SMILES string of the molecule is O=C1C[C@H](c2ccccc2)c2c(c(-c3ccccc3)cc3ccccc23)O1. The number of hydrogen-bond acceptors (Lipinski definition) is 2. The minimum atomic E-state index is -0.177. The molecule has 2 heteroatoms. The van der Waals surface area contributed by atoms with Crippen molar-refractivity contribution in [1.82, 2.24) is 0 Å². The van der Waals surface area contributed by atoms with Gasteiger partial charge in [-0.15, -0.1) is 0 Å². The van der Waals surface area contributed by atoms with E-state index < -0.39 is 0 Å². The third-order valence-corrected chi connectivity index (χ3v) is 5.26. The molecule has 1 atom stereocenters. The molecule has 0 aliphatic carbocycles. The zero-order valence-electron chi connectivity index (χ0n) is 14.8. The van der Waals surface area contributed by atoms with Crippen molar-refractivity contribution in [3.8, 4) is 16.9 Å². The Morgan fingerprint density at radius 3 is 2.22 bits per heavy atom. The van der Waals surface area contributed by atoms with Crippen molar-refractivity contribution in [2.24, 2.45) is 0 Å². The smallest absolute Gasteiger partial charge is 0.312 e. The van der Waals surface area contributed by atoms with Gasteiger partial charge in [0.05, 0.1) is 6.42 Å². The number of fused-ring (bicyclic) bond motifs is 3. The summed E-state index contributed by atoms with van der Waals surface area (Å²) in [6, 6.07) is 30.9. The van der Waals surface area contributed by atoms with Gasteiger partial charge in [-0.3, -0.25) is 4.79 Å². The summed E-state index contributed by atoms with van der Waals surface area (Å²) < 4.78 is 5.84. The second kappa shape index (κ2) is 6.40. The normalized spacial score (nSPS) is 16.0. The van der Waals surface area contributed by atoms with Gasteiger partial charge in [-0.05, 0) is 28.0 Å². The minimum Gasteiger partial charge on any atom is -0.425 e. The molecule has 4 aromatic carbocycles. The van der Waals surface area contributed by atoms with Crippen LogP contribution in [0.3, 0.4) is 0 Å². The first-order chi connectivity index (χ1) is 13.3. The Morgan fingerprint density at radius 1 is 0.778 bits per heavy atom. The molecule has 1 heterocycles. The first-order valence-electron chi connectivity index (χ1n) is 9.18. The number of carbonyl (C=O) groups excluding carboxylic acids is 1. The summed E-state index contributed by atoms with van der Waals surface area (Å²) in [5.74, 6) is 0.518. The number of carbonyl (C=O) groups is 1. The van der Waals surface area contributed by atoms with Gasteiger partial charge < -0.3 is 4.74 Å². The third-order valence-electron chi connectivity index (χ3n) is 5.26. The highest BCUT2D eigenvalue weighted by Gasteiger charge is 2.32. The highest BCUT2D eigenvalue weighted by Crippen LogP contribution is 2.47. The van der Waals surface area contributed by atoms with Gasteiger partial charge >= 0.3 is 5.97 Å². The maximum atomic E-state index is 12.5. The van der Waals surface area contributed by atoms with Crippen LogP contribution in [0.15, 0.2) is 91.0 Å². The quantitative estimate of drug-likeness (QED) is 0.330. The monoisotopic (exact) mass is 350 g/mol. The minimum absolute atomic E-state index is 0.00369. The Kier molecular flexibility index (Phi) is 3.75. The lowest BCUT2D eigenvalue weighted by atomic mass is 9.81. The van der Waals surface area contributed by atoms with E-state index in [4.69, 9.17) is 4.74 Å². The number of hydrogen-bond donors (Lipinski definition) is 0. The summed E-state index contributed by atoms with van der Waals surface area (Å²) in [6.07, 6.45) is 0.360. The number of esters is 1. The average molecular weight is 350 g/mol. The maximum absolute atomic E-state index is 12.5. The maximum Gasteiger partial charge on any atom is 0.312 e.